The van der Waals surface area contributed by atoms with Gasteiger partial charge in [-0.3, -0.25) is 4.79 Å². The molecule has 1 unspecified atom stereocenters. The monoisotopic (exact) mass is 296 g/mol. The van der Waals surface area contributed by atoms with Crippen LogP contribution in [-0.2, 0) is 4.79 Å². The van der Waals surface area contributed by atoms with E-state index in [0.29, 0.717) is 0 Å². The number of carbonyl (C=O) groups is 1. The van der Waals surface area contributed by atoms with Crippen molar-refractivity contribution in [2.24, 2.45) is 0 Å². The fraction of sp³-hybridized carbons (Fsp3) is 0.900. The molecule has 0 aliphatic carbocycles. The third kappa shape index (κ3) is 7.84. The first-order chi connectivity index (χ1) is 8.08. The summed E-state index contributed by atoms with van der Waals surface area (Å²) in [6.07, 6.45) is -11.3. The summed E-state index contributed by atoms with van der Waals surface area (Å²) < 4.78 is 74.0. The number of hydrogen-bond acceptors (Lipinski definition) is 2. The maximum atomic E-state index is 13.0. The molecule has 0 amide bonds. The Morgan fingerprint density at radius 3 is 2.22 bits per heavy atom. The van der Waals surface area contributed by atoms with Crippen LogP contribution in [-0.4, -0.2) is 29.1 Å². The minimum absolute atomic E-state index is 0.0565. The molecule has 0 rings (SSSR count). The van der Waals surface area contributed by atoms with E-state index in [4.69, 9.17) is 0 Å². The van der Waals surface area contributed by atoms with Gasteiger partial charge in [0.05, 0.1) is 6.42 Å². The molecule has 0 heterocycles. The minimum Gasteiger partial charge on any atom is -0.287 e. The Kier molecular flexibility index (Phi) is 7.09. The van der Waals surface area contributed by atoms with Gasteiger partial charge in [0.25, 0.3) is 5.92 Å². The van der Waals surface area contributed by atoms with E-state index >= 15 is 0 Å². The van der Waals surface area contributed by atoms with Gasteiger partial charge >= 0.3 is 6.18 Å². The van der Waals surface area contributed by atoms with Crippen LogP contribution in [0.15, 0.2) is 0 Å². The number of hydrogen-bond donors (Lipinski definition) is 0. The Balaban J connectivity index is 4.03. The van der Waals surface area contributed by atoms with Crippen molar-refractivity contribution in [3.05, 3.63) is 0 Å². The lowest BCUT2D eigenvalue weighted by Crippen LogP contribution is -2.34. The molecule has 0 aromatic carbocycles. The zero-order chi connectivity index (χ0) is 14.4. The second-order valence-electron chi connectivity index (χ2n) is 3.73. The van der Waals surface area contributed by atoms with E-state index in [9.17, 15) is 31.1 Å². The highest BCUT2D eigenvalue weighted by molar-refractivity contribution is 8.13. The van der Waals surface area contributed by atoms with Crippen molar-refractivity contribution in [2.75, 3.05) is 5.75 Å². The molecule has 0 bridgehead atoms. The lowest BCUT2D eigenvalue weighted by molar-refractivity contribution is -0.178. The number of rotatable bonds is 7. The molecule has 0 radical (unpaired) electrons. The van der Waals surface area contributed by atoms with Crippen LogP contribution >= 0.6 is 11.8 Å². The summed E-state index contributed by atoms with van der Waals surface area (Å²) in [4.78, 5) is 10.8. The highest BCUT2D eigenvalue weighted by atomic mass is 32.2. The second-order valence-corrected chi connectivity index (χ2v) is 4.88. The van der Waals surface area contributed by atoms with Crippen molar-refractivity contribution < 1.29 is 31.1 Å². The molecular formula is C10H14F6OS. The average Bonchev–Trinajstić information content (AvgIpc) is 2.21. The van der Waals surface area contributed by atoms with Crippen molar-refractivity contribution >= 4 is 16.9 Å². The van der Waals surface area contributed by atoms with Crippen molar-refractivity contribution in [3.8, 4) is 0 Å². The Morgan fingerprint density at radius 1 is 1.22 bits per heavy atom. The van der Waals surface area contributed by atoms with Gasteiger partial charge in [-0.25, -0.2) is 13.2 Å². The highest BCUT2D eigenvalue weighted by Gasteiger charge is 2.46. The molecule has 0 fully saturated rings. The summed E-state index contributed by atoms with van der Waals surface area (Å²) in [6.45, 7) is 1.60. The molecule has 0 aliphatic rings. The first-order valence-electron chi connectivity index (χ1n) is 5.32. The molecule has 0 N–H and O–H groups in total. The van der Waals surface area contributed by atoms with Gasteiger partial charge in [-0.2, -0.15) is 13.2 Å². The van der Waals surface area contributed by atoms with Gasteiger partial charge in [0, 0.05) is 18.6 Å². The van der Waals surface area contributed by atoms with E-state index in [-0.39, 0.29) is 23.7 Å². The zero-order valence-corrected chi connectivity index (χ0v) is 10.5. The maximum absolute atomic E-state index is 13.0. The largest absolute Gasteiger partial charge is 0.392 e. The van der Waals surface area contributed by atoms with Crippen molar-refractivity contribution in [1.82, 2.24) is 0 Å². The Bertz CT molecular complexity index is 266. The number of alkyl halides is 6. The van der Waals surface area contributed by atoms with Gasteiger partial charge in [0.2, 0.25) is 0 Å². The summed E-state index contributed by atoms with van der Waals surface area (Å²) in [5.74, 6) is -3.95. The van der Waals surface area contributed by atoms with Crippen LogP contribution in [0.4, 0.5) is 26.3 Å². The molecule has 1 nitrogen and oxygen atoms in total. The normalized spacial score (nSPS) is 14.6. The predicted molar refractivity (Wildman–Crippen MR) is 57.5 cm³/mol. The summed E-state index contributed by atoms with van der Waals surface area (Å²) in [7, 11) is 0. The van der Waals surface area contributed by atoms with E-state index in [1.54, 1.807) is 6.92 Å². The van der Waals surface area contributed by atoms with Crippen LogP contribution < -0.4 is 0 Å². The second kappa shape index (κ2) is 7.25. The highest BCUT2D eigenvalue weighted by Crippen LogP contribution is 2.35. The number of carbonyl (C=O) groups excluding carboxylic acids is 1. The topological polar surface area (TPSA) is 17.1 Å². The van der Waals surface area contributed by atoms with Crippen molar-refractivity contribution in [2.45, 2.75) is 50.9 Å². The molecule has 0 spiro atoms. The maximum Gasteiger partial charge on any atom is 0.392 e. The first-order valence-corrected chi connectivity index (χ1v) is 6.31. The Hall–Kier alpha value is -0.400. The third-order valence-corrected chi connectivity index (χ3v) is 3.18. The molecule has 108 valence electrons. The molecule has 0 saturated carbocycles. The van der Waals surface area contributed by atoms with Crippen LogP contribution in [0, 0.1) is 0 Å². The lowest BCUT2D eigenvalue weighted by Gasteiger charge is -2.21. The molecule has 0 aromatic rings. The van der Waals surface area contributed by atoms with Gasteiger partial charge in [-0.15, -0.1) is 0 Å². The number of halogens is 6. The molecule has 0 saturated heterocycles. The summed E-state index contributed by atoms with van der Waals surface area (Å²) in [6, 6.07) is 0. The molecule has 8 heteroatoms. The van der Waals surface area contributed by atoms with Crippen LogP contribution in [0.3, 0.4) is 0 Å². The summed E-state index contributed by atoms with van der Waals surface area (Å²) in [5, 5.41) is -0.189. The molecule has 0 aromatic heterocycles. The van der Waals surface area contributed by atoms with Crippen LogP contribution in [0.2, 0.25) is 0 Å². The van der Waals surface area contributed by atoms with Crippen molar-refractivity contribution in [3.63, 3.8) is 0 Å². The third-order valence-electron chi connectivity index (χ3n) is 2.08. The molecular weight excluding hydrogens is 282 g/mol. The van der Waals surface area contributed by atoms with E-state index < -0.39 is 31.1 Å². The van der Waals surface area contributed by atoms with E-state index in [1.807, 2.05) is 0 Å². The Labute approximate surface area is 105 Å². The molecule has 18 heavy (non-hydrogen) atoms. The fourth-order valence-electron chi connectivity index (χ4n) is 1.11. The molecule has 0 aliphatic heterocycles. The van der Waals surface area contributed by atoms with Crippen LogP contribution in [0.25, 0.3) is 0 Å². The first kappa shape index (κ1) is 17.6. The smallest absolute Gasteiger partial charge is 0.287 e. The minimum atomic E-state index is -4.95. The fourth-order valence-corrected chi connectivity index (χ4v) is 1.83. The Morgan fingerprint density at radius 2 is 1.78 bits per heavy atom. The van der Waals surface area contributed by atoms with Gasteiger partial charge in [-0.1, -0.05) is 18.7 Å². The van der Waals surface area contributed by atoms with E-state index in [0.717, 1.165) is 11.8 Å². The SMILES string of the molecule is CCC(=O)SCCCC(F)(F)C(F)CC(F)(F)F. The van der Waals surface area contributed by atoms with Gasteiger partial charge < -0.3 is 0 Å². The van der Waals surface area contributed by atoms with Gasteiger partial charge in [0.15, 0.2) is 11.3 Å². The van der Waals surface area contributed by atoms with E-state index in [2.05, 4.69) is 0 Å². The van der Waals surface area contributed by atoms with Crippen LogP contribution in [0.5, 0.6) is 0 Å². The number of thioether (sulfide) groups is 1. The van der Waals surface area contributed by atoms with Crippen LogP contribution in [0.1, 0.15) is 32.6 Å². The standard InChI is InChI=1S/C10H14F6OS/c1-2-8(17)18-5-3-4-9(12,13)7(11)6-10(14,15)16/h7H,2-6H2,1H3. The average molecular weight is 296 g/mol. The lowest BCUT2D eigenvalue weighted by atomic mass is 10.1. The zero-order valence-electron chi connectivity index (χ0n) is 9.70. The molecule has 1 atom stereocenters. The summed E-state index contributed by atoms with van der Waals surface area (Å²) in [5.41, 5.74) is 0. The van der Waals surface area contributed by atoms with Gasteiger partial charge in [0.1, 0.15) is 0 Å². The van der Waals surface area contributed by atoms with E-state index in [1.165, 1.54) is 0 Å². The summed E-state index contributed by atoms with van der Waals surface area (Å²) >= 11 is 0.825. The predicted octanol–water partition coefficient (Wildman–Crippen LogP) is 4.36. The van der Waals surface area contributed by atoms with Crippen molar-refractivity contribution in [1.29, 1.82) is 0 Å². The van der Waals surface area contributed by atoms with Gasteiger partial charge in [-0.05, 0) is 6.42 Å². The quantitative estimate of drug-likeness (QED) is 0.513.